The van der Waals surface area contributed by atoms with Crippen molar-refractivity contribution in [1.29, 1.82) is 0 Å². The van der Waals surface area contributed by atoms with Crippen LogP contribution in [-0.4, -0.2) is 29.4 Å². The van der Waals surface area contributed by atoms with Crippen molar-refractivity contribution >= 4 is 17.3 Å². The molecule has 1 aromatic rings. The number of nitrogens with one attached hydrogen (secondary N) is 1. The van der Waals surface area contributed by atoms with Crippen LogP contribution in [0.15, 0.2) is 24.3 Å². The molecule has 4 nitrogen and oxygen atoms in total. The summed E-state index contributed by atoms with van der Waals surface area (Å²) in [5, 5.41) is 2.91. The van der Waals surface area contributed by atoms with Crippen LogP contribution in [0.1, 0.15) is 33.1 Å². The minimum Gasteiger partial charge on any atom is -0.399 e. The number of nitrogens with two attached hydrogens (primary N) is 1. The van der Waals surface area contributed by atoms with Crippen LogP contribution in [0.25, 0.3) is 0 Å². The van der Waals surface area contributed by atoms with Crippen molar-refractivity contribution in [3.63, 3.8) is 0 Å². The van der Waals surface area contributed by atoms with Crippen molar-refractivity contribution < 1.29 is 4.79 Å². The van der Waals surface area contributed by atoms with Crippen molar-refractivity contribution in [1.82, 2.24) is 4.90 Å². The quantitative estimate of drug-likeness (QED) is 0.819. The zero-order valence-corrected chi connectivity index (χ0v) is 11.7. The van der Waals surface area contributed by atoms with Crippen molar-refractivity contribution in [2.24, 2.45) is 0 Å². The van der Waals surface area contributed by atoms with E-state index in [0.717, 1.165) is 12.1 Å². The topological polar surface area (TPSA) is 58.4 Å². The Morgan fingerprint density at radius 2 is 2.26 bits per heavy atom. The molecule has 1 heterocycles. The van der Waals surface area contributed by atoms with Crippen molar-refractivity contribution in [2.45, 2.75) is 45.2 Å². The van der Waals surface area contributed by atoms with Crippen LogP contribution < -0.4 is 11.1 Å². The molecular formula is C15H23N3O. The van der Waals surface area contributed by atoms with E-state index in [9.17, 15) is 4.79 Å². The Morgan fingerprint density at radius 1 is 1.47 bits per heavy atom. The first-order valence-corrected chi connectivity index (χ1v) is 7.01. The molecule has 1 aromatic carbocycles. The number of anilines is 2. The number of rotatable bonds is 4. The molecule has 2 rings (SSSR count). The molecule has 1 aliphatic rings. The van der Waals surface area contributed by atoms with Gasteiger partial charge in [0.2, 0.25) is 5.91 Å². The van der Waals surface area contributed by atoms with Crippen molar-refractivity contribution in [3.8, 4) is 0 Å². The molecule has 0 aliphatic carbocycles. The van der Waals surface area contributed by atoms with Gasteiger partial charge in [-0.3, -0.25) is 9.69 Å². The van der Waals surface area contributed by atoms with Gasteiger partial charge in [-0.15, -0.1) is 0 Å². The molecule has 0 spiro atoms. The Hall–Kier alpha value is -1.55. The number of amides is 1. The fourth-order valence-electron chi connectivity index (χ4n) is 2.83. The summed E-state index contributed by atoms with van der Waals surface area (Å²) < 4.78 is 0. The number of hydrogen-bond acceptors (Lipinski definition) is 3. The largest absolute Gasteiger partial charge is 0.399 e. The minimum absolute atomic E-state index is 0.0396. The summed E-state index contributed by atoms with van der Waals surface area (Å²) in [6.45, 7) is 4.85. The van der Waals surface area contributed by atoms with E-state index in [1.165, 1.54) is 12.8 Å². The number of nitrogens with zero attached hydrogens (tertiary/aromatic N) is 1. The Morgan fingerprint density at radius 3 is 2.95 bits per heavy atom. The number of likely N-dealkylation sites (tertiary alicyclic amines) is 1. The van der Waals surface area contributed by atoms with Crippen molar-refractivity contribution in [3.05, 3.63) is 24.3 Å². The molecule has 4 heteroatoms. The van der Waals surface area contributed by atoms with Gasteiger partial charge in [0.1, 0.15) is 0 Å². The molecule has 1 fully saturated rings. The molecule has 104 valence electrons. The molecule has 1 amide bonds. The summed E-state index contributed by atoms with van der Waals surface area (Å²) >= 11 is 0. The number of carbonyl (C=O) groups is 1. The Balaban J connectivity index is 1.94. The lowest BCUT2D eigenvalue weighted by molar-refractivity contribution is -0.118. The van der Waals surface area contributed by atoms with Crippen LogP contribution >= 0.6 is 0 Å². The molecule has 2 atom stereocenters. The lowest BCUT2D eigenvalue weighted by Crippen LogP contribution is -2.40. The fourth-order valence-corrected chi connectivity index (χ4v) is 2.83. The van der Waals surface area contributed by atoms with Gasteiger partial charge in [-0.2, -0.15) is 0 Å². The van der Waals surface area contributed by atoms with Gasteiger partial charge in [-0.05, 0) is 44.4 Å². The predicted octanol–water partition coefficient (Wildman–Crippen LogP) is 2.47. The second-order valence-electron chi connectivity index (χ2n) is 5.33. The number of carbonyl (C=O) groups excluding carboxylic acids is 1. The lowest BCUT2D eigenvalue weighted by atomic mass is 10.1. The van der Waals surface area contributed by atoms with E-state index in [-0.39, 0.29) is 5.91 Å². The number of benzene rings is 1. The van der Waals surface area contributed by atoms with Gasteiger partial charge in [0.15, 0.2) is 0 Å². The lowest BCUT2D eigenvalue weighted by Gasteiger charge is -2.26. The summed E-state index contributed by atoms with van der Waals surface area (Å²) in [5.74, 6) is 0.0396. The van der Waals surface area contributed by atoms with E-state index in [1.807, 2.05) is 18.2 Å². The molecule has 19 heavy (non-hydrogen) atoms. The summed E-state index contributed by atoms with van der Waals surface area (Å²) in [4.78, 5) is 14.4. The molecule has 1 aliphatic heterocycles. The van der Waals surface area contributed by atoms with E-state index < -0.39 is 0 Å². The molecule has 0 saturated carbocycles. The summed E-state index contributed by atoms with van der Waals surface area (Å²) in [6, 6.07) is 8.34. The maximum absolute atomic E-state index is 12.1. The van der Waals surface area contributed by atoms with Gasteiger partial charge >= 0.3 is 0 Å². The van der Waals surface area contributed by atoms with Crippen LogP contribution in [0.5, 0.6) is 0 Å². The molecular weight excluding hydrogens is 238 g/mol. The van der Waals surface area contributed by atoms with E-state index in [4.69, 9.17) is 5.73 Å². The highest BCUT2D eigenvalue weighted by molar-refractivity contribution is 5.92. The first-order valence-electron chi connectivity index (χ1n) is 7.01. The standard InChI is InChI=1S/C15H23N3O/c1-3-14-8-7-11(2)18(14)10-15(19)17-13-6-4-5-12(16)9-13/h4-6,9,11,14H,3,7-8,10,16H2,1-2H3,(H,17,19). The monoisotopic (exact) mass is 261 g/mol. The van der Waals surface area contributed by atoms with E-state index in [0.29, 0.717) is 24.3 Å². The average molecular weight is 261 g/mol. The molecule has 3 N–H and O–H groups in total. The van der Waals surface area contributed by atoms with E-state index in [2.05, 4.69) is 24.1 Å². The Kier molecular flexibility index (Phi) is 4.43. The third-order valence-electron chi connectivity index (χ3n) is 3.92. The Bertz CT molecular complexity index is 447. The zero-order valence-electron chi connectivity index (χ0n) is 11.7. The van der Waals surface area contributed by atoms with Gasteiger partial charge < -0.3 is 11.1 Å². The van der Waals surface area contributed by atoms with Gasteiger partial charge in [0.05, 0.1) is 6.54 Å². The van der Waals surface area contributed by atoms with Crippen LogP contribution in [0, 0.1) is 0 Å². The average Bonchev–Trinajstić information content (AvgIpc) is 2.70. The van der Waals surface area contributed by atoms with Crippen LogP contribution in [0.3, 0.4) is 0 Å². The zero-order chi connectivity index (χ0) is 13.8. The first kappa shape index (κ1) is 13.9. The van der Waals surface area contributed by atoms with Crippen LogP contribution in [0.2, 0.25) is 0 Å². The Labute approximate surface area is 115 Å². The minimum atomic E-state index is 0.0396. The van der Waals surface area contributed by atoms with Gasteiger partial charge in [0, 0.05) is 23.5 Å². The molecule has 0 bridgehead atoms. The molecule has 1 saturated heterocycles. The normalized spacial score (nSPS) is 23.5. The highest BCUT2D eigenvalue weighted by atomic mass is 16.2. The summed E-state index contributed by atoms with van der Waals surface area (Å²) in [7, 11) is 0. The fraction of sp³-hybridized carbons (Fsp3) is 0.533. The molecule has 0 radical (unpaired) electrons. The van der Waals surface area contributed by atoms with Crippen LogP contribution in [-0.2, 0) is 4.79 Å². The maximum atomic E-state index is 12.1. The van der Waals surface area contributed by atoms with Gasteiger partial charge in [-0.1, -0.05) is 13.0 Å². The molecule has 2 unspecified atom stereocenters. The highest BCUT2D eigenvalue weighted by Gasteiger charge is 2.30. The summed E-state index contributed by atoms with van der Waals surface area (Å²) in [6.07, 6.45) is 3.49. The number of hydrogen-bond donors (Lipinski definition) is 2. The van der Waals surface area contributed by atoms with E-state index >= 15 is 0 Å². The van der Waals surface area contributed by atoms with Gasteiger partial charge in [-0.25, -0.2) is 0 Å². The van der Waals surface area contributed by atoms with Crippen molar-refractivity contribution in [2.75, 3.05) is 17.6 Å². The third-order valence-corrected chi connectivity index (χ3v) is 3.92. The SMILES string of the molecule is CCC1CCC(C)N1CC(=O)Nc1cccc(N)c1. The second-order valence-corrected chi connectivity index (χ2v) is 5.33. The highest BCUT2D eigenvalue weighted by Crippen LogP contribution is 2.25. The van der Waals surface area contributed by atoms with Gasteiger partial charge in [0.25, 0.3) is 0 Å². The molecule has 0 aromatic heterocycles. The van der Waals surface area contributed by atoms with Crippen LogP contribution in [0.4, 0.5) is 11.4 Å². The number of nitrogen functional groups attached to an aromatic ring is 1. The summed E-state index contributed by atoms with van der Waals surface area (Å²) in [5.41, 5.74) is 7.14. The third kappa shape index (κ3) is 3.47. The smallest absolute Gasteiger partial charge is 0.238 e. The maximum Gasteiger partial charge on any atom is 0.238 e. The van der Waals surface area contributed by atoms with E-state index in [1.54, 1.807) is 6.07 Å². The first-order chi connectivity index (χ1) is 9.10. The predicted molar refractivity (Wildman–Crippen MR) is 79.0 cm³/mol. The second kappa shape index (κ2) is 6.06.